The molecule has 1 N–H and O–H groups in total. The lowest BCUT2D eigenvalue weighted by atomic mass is 10.1. The number of thiazole rings is 1. The molecule has 0 aliphatic carbocycles. The fourth-order valence-corrected chi connectivity index (χ4v) is 3.23. The summed E-state index contributed by atoms with van der Waals surface area (Å²) in [4.78, 5) is 16.5. The molecular weight excluding hydrogens is 362 g/mol. The van der Waals surface area contributed by atoms with E-state index in [4.69, 9.17) is 14.7 Å². The SMILES string of the molecule is N#Cc1ccc(C=CC(=O)Nc2nc(-c3ccc4c(c3)OCO4)cs2)cc1. The molecule has 7 heteroatoms. The Hall–Kier alpha value is -3.63. The van der Waals surface area contributed by atoms with Crippen molar-refractivity contribution in [3.63, 3.8) is 0 Å². The van der Waals surface area contributed by atoms with Gasteiger partial charge in [0.1, 0.15) is 0 Å². The third-order valence-electron chi connectivity index (χ3n) is 3.87. The maximum absolute atomic E-state index is 12.1. The van der Waals surface area contributed by atoms with Gasteiger partial charge in [0.25, 0.3) is 0 Å². The second-order valence-electron chi connectivity index (χ2n) is 5.66. The van der Waals surface area contributed by atoms with Gasteiger partial charge in [-0.05, 0) is 42.0 Å². The summed E-state index contributed by atoms with van der Waals surface area (Å²) in [6, 6.07) is 14.6. The van der Waals surface area contributed by atoms with E-state index in [1.165, 1.54) is 17.4 Å². The molecule has 0 fully saturated rings. The van der Waals surface area contributed by atoms with Crippen LogP contribution in [0.25, 0.3) is 17.3 Å². The van der Waals surface area contributed by atoms with Crippen LogP contribution in [0.1, 0.15) is 11.1 Å². The Bertz CT molecular complexity index is 1060. The second-order valence-corrected chi connectivity index (χ2v) is 6.52. The molecule has 1 aliphatic rings. The fourth-order valence-electron chi connectivity index (χ4n) is 2.51. The molecule has 2 heterocycles. The van der Waals surface area contributed by atoms with Crippen molar-refractivity contribution >= 4 is 28.5 Å². The zero-order chi connectivity index (χ0) is 18.6. The zero-order valence-corrected chi connectivity index (χ0v) is 14.8. The van der Waals surface area contributed by atoms with Crippen LogP contribution in [0.15, 0.2) is 53.9 Å². The molecule has 0 saturated heterocycles. The third-order valence-corrected chi connectivity index (χ3v) is 4.63. The summed E-state index contributed by atoms with van der Waals surface area (Å²) < 4.78 is 10.7. The first-order valence-electron chi connectivity index (χ1n) is 8.06. The predicted octanol–water partition coefficient (Wildman–Crippen LogP) is 4.06. The van der Waals surface area contributed by atoms with E-state index >= 15 is 0 Å². The van der Waals surface area contributed by atoms with E-state index < -0.39 is 0 Å². The highest BCUT2D eigenvalue weighted by Gasteiger charge is 2.15. The number of fused-ring (bicyclic) bond motifs is 1. The largest absolute Gasteiger partial charge is 0.454 e. The van der Waals surface area contributed by atoms with Gasteiger partial charge in [-0.1, -0.05) is 12.1 Å². The van der Waals surface area contributed by atoms with Crippen LogP contribution in [0.2, 0.25) is 0 Å². The van der Waals surface area contributed by atoms with Crippen molar-refractivity contribution in [1.82, 2.24) is 4.98 Å². The lowest BCUT2D eigenvalue weighted by molar-refractivity contribution is -0.111. The van der Waals surface area contributed by atoms with Gasteiger partial charge >= 0.3 is 0 Å². The molecule has 6 nitrogen and oxygen atoms in total. The van der Waals surface area contributed by atoms with E-state index in [-0.39, 0.29) is 12.7 Å². The summed E-state index contributed by atoms with van der Waals surface area (Å²) in [6.07, 6.45) is 3.12. The summed E-state index contributed by atoms with van der Waals surface area (Å²) in [6.45, 7) is 0.225. The average Bonchev–Trinajstić information content (AvgIpc) is 3.35. The number of hydrogen-bond donors (Lipinski definition) is 1. The molecule has 1 aromatic heterocycles. The van der Waals surface area contributed by atoms with Gasteiger partial charge < -0.3 is 9.47 Å². The minimum Gasteiger partial charge on any atom is -0.454 e. The Balaban J connectivity index is 1.42. The third kappa shape index (κ3) is 3.81. The number of benzene rings is 2. The number of nitrogens with zero attached hydrogens (tertiary/aromatic N) is 2. The van der Waals surface area contributed by atoms with Crippen LogP contribution in [0, 0.1) is 11.3 Å². The van der Waals surface area contributed by atoms with Crippen molar-refractivity contribution in [1.29, 1.82) is 5.26 Å². The predicted molar refractivity (Wildman–Crippen MR) is 102 cm³/mol. The Labute approximate surface area is 159 Å². The summed E-state index contributed by atoms with van der Waals surface area (Å²) in [5.41, 5.74) is 3.06. The van der Waals surface area contributed by atoms with Gasteiger partial charge in [-0.3, -0.25) is 10.1 Å². The first-order valence-corrected chi connectivity index (χ1v) is 8.94. The Morgan fingerprint density at radius 2 is 2.00 bits per heavy atom. The Morgan fingerprint density at radius 3 is 2.81 bits per heavy atom. The quantitative estimate of drug-likeness (QED) is 0.695. The average molecular weight is 375 g/mol. The second kappa shape index (κ2) is 7.32. The minimum absolute atomic E-state index is 0.225. The van der Waals surface area contributed by atoms with Gasteiger partial charge in [0.05, 0.1) is 17.3 Å². The molecule has 132 valence electrons. The van der Waals surface area contributed by atoms with Crippen LogP contribution in [0.4, 0.5) is 5.13 Å². The number of carbonyl (C=O) groups is 1. The monoisotopic (exact) mass is 375 g/mol. The maximum Gasteiger partial charge on any atom is 0.250 e. The highest BCUT2D eigenvalue weighted by Crippen LogP contribution is 2.36. The smallest absolute Gasteiger partial charge is 0.250 e. The topological polar surface area (TPSA) is 84.2 Å². The van der Waals surface area contributed by atoms with E-state index in [9.17, 15) is 4.79 Å². The van der Waals surface area contributed by atoms with Crippen molar-refractivity contribution in [2.24, 2.45) is 0 Å². The van der Waals surface area contributed by atoms with Crippen LogP contribution in [0.3, 0.4) is 0 Å². The molecular formula is C20H13N3O3S. The number of nitrogens with one attached hydrogen (secondary N) is 1. The molecule has 0 radical (unpaired) electrons. The van der Waals surface area contributed by atoms with Crippen LogP contribution in [0.5, 0.6) is 11.5 Å². The van der Waals surface area contributed by atoms with Crippen LogP contribution in [-0.2, 0) is 4.79 Å². The highest BCUT2D eigenvalue weighted by molar-refractivity contribution is 7.14. The first kappa shape index (κ1) is 16.8. The van der Waals surface area contributed by atoms with Crippen LogP contribution >= 0.6 is 11.3 Å². The van der Waals surface area contributed by atoms with E-state index in [1.54, 1.807) is 30.3 Å². The number of rotatable bonds is 4. The highest BCUT2D eigenvalue weighted by atomic mass is 32.1. The summed E-state index contributed by atoms with van der Waals surface area (Å²) in [5, 5.41) is 13.9. The summed E-state index contributed by atoms with van der Waals surface area (Å²) >= 11 is 1.35. The molecule has 4 rings (SSSR count). The number of ether oxygens (including phenoxy) is 2. The standard InChI is InChI=1S/C20H13N3O3S/c21-10-14-3-1-13(2-4-14)5-8-19(24)23-20-22-16(11-27-20)15-6-7-17-18(9-15)26-12-25-17/h1-9,11H,12H2,(H,22,23,24). The molecule has 0 saturated carbocycles. The van der Waals surface area contributed by atoms with Gasteiger partial charge in [-0.25, -0.2) is 4.98 Å². The number of carbonyl (C=O) groups excluding carboxylic acids is 1. The van der Waals surface area contributed by atoms with Gasteiger partial charge in [0.2, 0.25) is 12.7 Å². The van der Waals surface area contributed by atoms with Crippen molar-refractivity contribution in [2.75, 3.05) is 12.1 Å². The van der Waals surface area contributed by atoms with Crippen molar-refractivity contribution in [3.8, 4) is 28.8 Å². The lowest BCUT2D eigenvalue weighted by Crippen LogP contribution is -2.07. The lowest BCUT2D eigenvalue weighted by Gasteiger charge is -2.00. The van der Waals surface area contributed by atoms with E-state index in [1.807, 2.05) is 23.6 Å². The number of anilines is 1. The zero-order valence-electron chi connectivity index (χ0n) is 14.0. The molecule has 3 aromatic rings. The van der Waals surface area contributed by atoms with Gasteiger partial charge in [0.15, 0.2) is 16.6 Å². The van der Waals surface area contributed by atoms with Gasteiger partial charge in [-0.15, -0.1) is 11.3 Å². The first-order chi connectivity index (χ1) is 13.2. The molecule has 2 aromatic carbocycles. The fraction of sp³-hybridized carbons (Fsp3) is 0.0500. The number of amides is 1. The maximum atomic E-state index is 12.1. The molecule has 0 spiro atoms. The van der Waals surface area contributed by atoms with Crippen molar-refractivity contribution in [3.05, 3.63) is 65.0 Å². The van der Waals surface area contributed by atoms with E-state index in [0.717, 1.165) is 22.6 Å². The molecule has 27 heavy (non-hydrogen) atoms. The molecule has 1 amide bonds. The van der Waals surface area contributed by atoms with Crippen molar-refractivity contribution < 1.29 is 14.3 Å². The van der Waals surface area contributed by atoms with Crippen LogP contribution in [-0.4, -0.2) is 17.7 Å². The van der Waals surface area contributed by atoms with Gasteiger partial charge in [-0.2, -0.15) is 5.26 Å². The molecule has 1 aliphatic heterocycles. The van der Waals surface area contributed by atoms with Crippen LogP contribution < -0.4 is 14.8 Å². The minimum atomic E-state index is -0.272. The van der Waals surface area contributed by atoms with Gasteiger partial charge in [0, 0.05) is 17.0 Å². The van der Waals surface area contributed by atoms with Crippen molar-refractivity contribution in [2.45, 2.75) is 0 Å². The van der Waals surface area contributed by atoms with E-state index in [0.29, 0.717) is 16.4 Å². The Kier molecular flexibility index (Phi) is 4.56. The molecule has 0 bridgehead atoms. The Morgan fingerprint density at radius 1 is 1.19 bits per heavy atom. The number of nitriles is 1. The molecule has 0 unspecified atom stereocenters. The number of hydrogen-bond acceptors (Lipinski definition) is 6. The number of aromatic nitrogens is 1. The summed E-state index contributed by atoms with van der Waals surface area (Å²) in [7, 11) is 0. The normalized spacial score (nSPS) is 12.1. The van der Waals surface area contributed by atoms with E-state index in [2.05, 4.69) is 16.4 Å². The molecule has 0 atom stereocenters. The summed E-state index contributed by atoms with van der Waals surface area (Å²) in [5.74, 6) is 1.14.